The van der Waals surface area contributed by atoms with Crippen molar-refractivity contribution in [2.45, 2.75) is 43.9 Å². The number of nitrogens with one attached hydrogen (secondary N) is 1. The second kappa shape index (κ2) is 5.00. The summed E-state index contributed by atoms with van der Waals surface area (Å²) in [5.41, 5.74) is 0.284. The maximum atomic E-state index is 4.70. The fraction of sp³-hybridized carbons (Fsp3) is 0.909. The zero-order valence-corrected chi connectivity index (χ0v) is 11.2. The van der Waals surface area contributed by atoms with Gasteiger partial charge in [-0.3, -0.25) is 4.99 Å². The smallest absolute Gasteiger partial charge is 0.157 e. The molecule has 2 rings (SSSR count). The first-order valence-electron chi connectivity index (χ1n) is 5.79. The first kappa shape index (κ1) is 11.6. The summed E-state index contributed by atoms with van der Waals surface area (Å²) in [5, 5.41) is 5.50. The van der Waals surface area contributed by atoms with E-state index in [2.05, 4.69) is 30.9 Å². The molecular formula is C11H20N2S2. The zero-order chi connectivity index (χ0) is 10.7. The molecule has 0 aliphatic carbocycles. The van der Waals surface area contributed by atoms with Gasteiger partial charge in [-0.25, -0.2) is 0 Å². The summed E-state index contributed by atoms with van der Waals surface area (Å²) >= 11 is 3.97. The highest BCUT2D eigenvalue weighted by Crippen LogP contribution is 2.28. The van der Waals surface area contributed by atoms with E-state index < -0.39 is 0 Å². The van der Waals surface area contributed by atoms with Crippen LogP contribution in [-0.4, -0.2) is 34.0 Å². The van der Waals surface area contributed by atoms with E-state index in [1.807, 2.05) is 11.8 Å². The van der Waals surface area contributed by atoms with Crippen molar-refractivity contribution < 1.29 is 0 Å². The molecular weight excluding hydrogens is 224 g/mol. The van der Waals surface area contributed by atoms with Crippen LogP contribution in [0.5, 0.6) is 0 Å². The molecule has 0 spiro atoms. The highest BCUT2D eigenvalue weighted by molar-refractivity contribution is 8.14. The summed E-state index contributed by atoms with van der Waals surface area (Å²) in [4.78, 5) is 4.70. The van der Waals surface area contributed by atoms with E-state index in [0.29, 0.717) is 0 Å². The van der Waals surface area contributed by atoms with Crippen LogP contribution in [0.4, 0.5) is 0 Å². The van der Waals surface area contributed by atoms with Gasteiger partial charge in [-0.05, 0) is 31.9 Å². The zero-order valence-electron chi connectivity index (χ0n) is 9.58. The minimum absolute atomic E-state index is 0.284. The van der Waals surface area contributed by atoms with Gasteiger partial charge in [0.25, 0.3) is 0 Å². The molecule has 2 atom stereocenters. The van der Waals surface area contributed by atoms with Gasteiger partial charge in [0, 0.05) is 16.5 Å². The number of rotatable bonds is 3. The van der Waals surface area contributed by atoms with E-state index in [1.165, 1.54) is 35.9 Å². The van der Waals surface area contributed by atoms with Crippen LogP contribution in [0.3, 0.4) is 0 Å². The molecule has 0 bridgehead atoms. The lowest BCUT2D eigenvalue weighted by molar-refractivity contribution is 0.466. The summed E-state index contributed by atoms with van der Waals surface area (Å²) in [6.45, 7) is 5.54. The quantitative estimate of drug-likeness (QED) is 0.826. The molecule has 0 amide bonds. The number of hydrogen-bond donors (Lipinski definition) is 1. The average molecular weight is 244 g/mol. The molecule has 2 aliphatic rings. The molecule has 0 aromatic heterocycles. The highest BCUT2D eigenvalue weighted by atomic mass is 32.2. The molecule has 2 unspecified atom stereocenters. The van der Waals surface area contributed by atoms with Crippen molar-refractivity contribution >= 4 is 28.7 Å². The fourth-order valence-corrected chi connectivity index (χ4v) is 4.20. The predicted octanol–water partition coefficient (Wildman–Crippen LogP) is 2.74. The van der Waals surface area contributed by atoms with Crippen molar-refractivity contribution in [1.29, 1.82) is 0 Å². The normalized spacial score (nSPS) is 38.5. The highest BCUT2D eigenvalue weighted by Gasteiger charge is 2.30. The number of thioether (sulfide) groups is 2. The van der Waals surface area contributed by atoms with Crippen LogP contribution >= 0.6 is 23.5 Å². The Hall–Kier alpha value is 0.170. The van der Waals surface area contributed by atoms with Crippen molar-refractivity contribution in [2.24, 2.45) is 4.99 Å². The second-order valence-corrected chi connectivity index (χ2v) is 6.98. The van der Waals surface area contributed by atoms with Gasteiger partial charge in [-0.15, -0.1) is 0 Å². The van der Waals surface area contributed by atoms with E-state index in [9.17, 15) is 0 Å². The topological polar surface area (TPSA) is 24.4 Å². The van der Waals surface area contributed by atoms with E-state index in [0.717, 1.165) is 11.8 Å². The van der Waals surface area contributed by atoms with Gasteiger partial charge in [0.05, 0.1) is 6.54 Å². The van der Waals surface area contributed by atoms with Crippen molar-refractivity contribution in [3.63, 3.8) is 0 Å². The van der Waals surface area contributed by atoms with E-state index in [4.69, 9.17) is 4.99 Å². The third kappa shape index (κ3) is 3.06. The van der Waals surface area contributed by atoms with Gasteiger partial charge in [0.2, 0.25) is 0 Å². The van der Waals surface area contributed by atoms with Crippen molar-refractivity contribution in [2.75, 3.05) is 18.1 Å². The van der Waals surface area contributed by atoms with Crippen LogP contribution in [0.15, 0.2) is 4.99 Å². The Kier molecular flexibility index (Phi) is 3.88. The minimum Gasteiger partial charge on any atom is -0.359 e. The van der Waals surface area contributed by atoms with E-state index in [-0.39, 0.29) is 5.54 Å². The van der Waals surface area contributed by atoms with Gasteiger partial charge in [0.1, 0.15) is 0 Å². The molecule has 86 valence electrons. The molecule has 2 saturated heterocycles. The molecule has 0 aromatic carbocycles. The minimum atomic E-state index is 0.284. The number of amidine groups is 1. The Morgan fingerprint density at radius 2 is 2.47 bits per heavy atom. The molecule has 2 heterocycles. The van der Waals surface area contributed by atoms with Crippen LogP contribution in [0.25, 0.3) is 0 Å². The first-order valence-corrected chi connectivity index (χ1v) is 7.82. The number of nitrogens with zero attached hydrogens (tertiary/aromatic N) is 1. The molecule has 1 N–H and O–H groups in total. The van der Waals surface area contributed by atoms with Gasteiger partial charge >= 0.3 is 0 Å². The monoisotopic (exact) mass is 244 g/mol. The Labute approximate surface area is 101 Å². The lowest BCUT2D eigenvalue weighted by atomic mass is 10.0. The second-order valence-electron chi connectivity index (χ2n) is 4.61. The van der Waals surface area contributed by atoms with Crippen LogP contribution in [0, 0.1) is 0 Å². The third-order valence-electron chi connectivity index (χ3n) is 3.18. The fourth-order valence-electron chi connectivity index (χ4n) is 1.81. The van der Waals surface area contributed by atoms with E-state index in [1.54, 1.807) is 0 Å². The largest absolute Gasteiger partial charge is 0.359 e. The maximum Gasteiger partial charge on any atom is 0.157 e. The molecule has 0 saturated carbocycles. The third-order valence-corrected chi connectivity index (χ3v) is 5.85. The van der Waals surface area contributed by atoms with Crippen LogP contribution < -0.4 is 5.32 Å². The van der Waals surface area contributed by atoms with Gasteiger partial charge in [0.15, 0.2) is 5.17 Å². The standard InChI is InChI=1S/C11H20N2S2/c1-3-11(2)8-15-10(13-11)12-7-9-5-4-6-14-9/h9H,3-8H2,1-2H3,(H,12,13). The number of aliphatic imine (C=N–C) groups is 1. The van der Waals surface area contributed by atoms with Gasteiger partial charge in [-0.1, -0.05) is 18.7 Å². The lowest BCUT2D eigenvalue weighted by Gasteiger charge is -2.20. The van der Waals surface area contributed by atoms with Crippen LogP contribution in [0.2, 0.25) is 0 Å². The maximum absolute atomic E-state index is 4.70. The summed E-state index contributed by atoms with van der Waals surface area (Å²) < 4.78 is 0. The Balaban J connectivity index is 1.82. The Morgan fingerprint density at radius 3 is 3.07 bits per heavy atom. The molecule has 0 radical (unpaired) electrons. The molecule has 2 nitrogen and oxygen atoms in total. The SMILES string of the molecule is CCC1(C)CSC(=NCC2CCCS2)N1. The van der Waals surface area contributed by atoms with Crippen molar-refractivity contribution in [3.05, 3.63) is 0 Å². The van der Waals surface area contributed by atoms with E-state index >= 15 is 0 Å². The van der Waals surface area contributed by atoms with Crippen LogP contribution in [0.1, 0.15) is 33.1 Å². The van der Waals surface area contributed by atoms with Crippen molar-refractivity contribution in [1.82, 2.24) is 5.32 Å². The molecule has 2 aliphatic heterocycles. The number of hydrogen-bond acceptors (Lipinski definition) is 3. The summed E-state index contributed by atoms with van der Waals surface area (Å²) in [7, 11) is 0. The van der Waals surface area contributed by atoms with Gasteiger partial charge < -0.3 is 5.32 Å². The summed E-state index contributed by atoms with van der Waals surface area (Å²) in [6, 6.07) is 0. The van der Waals surface area contributed by atoms with Crippen molar-refractivity contribution in [3.8, 4) is 0 Å². The molecule has 15 heavy (non-hydrogen) atoms. The van der Waals surface area contributed by atoms with Crippen LogP contribution in [-0.2, 0) is 0 Å². The van der Waals surface area contributed by atoms with Gasteiger partial charge in [-0.2, -0.15) is 11.8 Å². The Bertz CT molecular complexity index is 249. The molecule has 4 heteroatoms. The first-order chi connectivity index (χ1) is 7.22. The summed E-state index contributed by atoms with van der Waals surface area (Å²) in [6.07, 6.45) is 3.92. The summed E-state index contributed by atoms with van der Waals surface area (Å²) in [5.74, 6) is 2.50. The lowest BCUT2D eigenvalue weighted by Crippen LogP contribution is -2.39. The average Bonchev–Trinajstić information content (AvgIpc) is 2.85. The molecule has 2 fully saturated rings. The predicted molar refractivity (Wildman–Crippen MR) is 72.1 cm³/mol. The molecule has 0 aromatic rings. The Morgan fingerprint density at radius 1 is 1.60 bits per heavy atom.